The number of rotatable bonds is 9. The smallest absolute Gasteiger partial charge is 0.305 e. The van der Waals surface area contributed by atoms with Gasteiger partial charge in [-0.15, -0.1) is 0 Å². The number of ether oxygens (including phenoxy) is 2. The molecule has 1 aliphatic carbocycles. The van der Waals surface area contributed by atoms with Gasteiger partial charge in [-0.25, -0.2) is 13.1 Å². The van der Waals surface area contributed by atoms with E-state index in [-0.39, 0.29) is 30.1 Å². The molecule has 1 aromatic carbocycles. The van der Waals surface area contributed by atoms with E-state index in [2.05, 4.69) is 15.5 Å². The lowest BCUT2D eigenvalue weighted by Gasteiger charge is -2.22. The fourth-order valence-corrected chi connectivity index (χ4v) is 4.84. The van der Waals surface area contributed by atoms with Crippen molar-refractivity contribution in [2.75, 3.05) is 7.11 Å². The highest BCUT2D eigenvalue weighted by Crippen LogP contribution is 2.45. The topological polar surface area (TPSA) is 85.0 Å². The molecule has 0 radical (unpaired) electrons. The number of carbonyl (C=O) groups excluding carboxylic acids is 1. The molecule has 6 nitrogen and oxygen atoms in total. The van der Waals surface area contributed by atoms with E-state index in [1.165, 1.54) is 7.11 Å². The predicted octanol–water partition coefficient (Wildman–Crippen LogP) is 2.41. The van der Waals surface area contributed by atoms with Gasteiger partial charge in [-0.1, -0.05) is 30.4 Å². The first-order valence-electron chi connectivity index (χ1n) is 8.96. The van der Waals surface area contributed by atoms with Crippen LogP contribution in [0.3, 0.4) is 0 Å². The predicted molar refractivity (Wildman–Crippen MR) is 96.9 cm³/mol. The maximum atomic E-state index is 12.5. The van der Waals surface area contributed by atoms with Gasteiger partial charge in [0.25, 0.3) is 0 Å². The zero-order chi connectivity index (χ0) is 18.6. The van der Waals surface area contributed by atoms with E-state index in [0.717, 1.165) is 25.7 Å². The van der Waals surface area contributed by atoms with Gasteiger partial charge in [0.15, 0.2) is 0 Å². The van der Waals surface area contributed by atoms with E-state index in [1.807, 2.05) is 6.08 Å². The third kappa shape index (κ3) is 4.72. The molecular formula is C19H25NO5S. The zero-order valence-electron chi connectivity index (χ0n) is 14.8. The number of carbonyl (C=O) groups is 1. The Hall–Kier alpha value is -1.70. The summed E-state index contributed by atoms with van der Waals surface area (Å²) in [5.41, 5.74) is 0. The molecule has 1 saturated carbocycles. The Kier molecular flexibility index (Phi) is 6.11. The number of allylic oxidation sites excluding steroid dienone is 2. The number of benzene rings is 1. The molecule has 1 aromatic rings. The van der Waals surface area contributed by atoms with E-state index in [0.29, 0.717) is 11.3 Å². The average Bonchev–Trinajstić information content (AvgIpc) is 3.32. The summed E-state index contributed by atoms with van der Waals surface area (Å²) in [6.07, 6.45) is 7.89. The lowest BCUT2D eigenvalue weighted by atomic mass is 9.98. The Morgan fingerprint density at radius 1 is 1.31 bits per heavy atom. The largest absolute Gasteiger partial charge is 0.469 e. The highest BCUT2D eigenvalue weighted by molar-refractivity contribution is 7.89. The van der Waals surface area contributed by atoms with Crippen LogP contribution in [0.4, 0.5) is 0 Å². The third-order valence-corrected chi connectivity index (χ3v) is 6.47. The van der Waals surface area contributed by atoms with Crippen molar-refractivity contribution in [2.45, 2.75) is 55.2 Å². The van der Waals surface area contributed by atoms with Gasteiger partial charge in [-0.05, 0) is 37.8 Å². The molecule has 3 rings (SSSR count). The minimum absolute atomic E-state index is 0.108. The summed E-state index contributed by atoms with van der Waals surface area (Å²) in [4.78, 5) is 11.4. The van der Waals surface area contributed by atoms with Gasteiger partial charge in [-0.3, -0.25) is 4.79 Å². The van der Waals surface area contributed by atoms with Crippen molar-refractivity contribution in [3.05, 3.63) is 42.5 Å². The number of esters is 1. The summed E-state index contributed by atoms with van der Waals surface area (Å²) >= 11 is 0. The van der Waals surface area contributed by atoms with Gasteiger partial charge < -0.3 is 9.47 Å². The third-order valence-electron chi connectivity index (χ3n) is 4.96. The van der Waals surface area contributed by atoms with E-state index in [1.54, 1.807) is 30.3 Å². The van der Waals surface area contributed by atoms with E-state index in [4.69, 9.17) is 4.74 Å². The molecule has 0 spiro atoms. The van der Waals surface area contributed by atoms with Crippen LogP contribution < -0.4 is 4.72 Å². The SMILES string of the molecule is COC(=O)CCCC=CC[C@H]1[C@@H]2O[C@@H]2C[C@@H]1NS(=O)(=O)c1ccccc1. The van der Waals surface area contributed by atoms with Crippen LogP contribution in [-0.2, 0) is 24.3 Å². The Bertz CT molecular complexity index is 746. The molecule has 4 atom stereocenters. The van der Waals surface area contributed by atoms with Crippen LogP contribution in [0.25, 0.3) is 0 Å². The molecule has 1 saturated heterocycles. The molecule has 26 heavy (non-hydrogen) atoms. The van der Waals surface area contributed by atoms with Crippen molar-refractivity contribution in [1.82, 2.24) is 4.72 Å². The summed E-state index contributed by atoms with van der Waals surface area (Å²) in [5.74, 6) is -0.0471. The van der Waals surface area contributed by atoms with E-state index >= 15 is 0 Å². The van der Waals surface area contributed by atoms with Crippen LogP contribution in [0.1, 0.15) is 32.1 Å². The van der Waals surface area contributed by atoms with Crippen LogP contribution in [0.5, 0.6) is 0 Å². The first-order valence-corrected chi connectivity index (χ1v) is 10.4. The molecular weight excluding hydrogens is 354 g/mol. The standard InChI is InChI=1S/C19H25NO5S/c1-24-18(21)12-8-3-2-7-11-15-16(13-17-19(15)25-17)20-26(22,23)14-9-5-4-6-10-14/h2,4-7,9-10,15-17,19-20H,3,8,11-13H2,1H3/t15-,16+,17-,19+/m1/s1. The second kappa shape index (κ2) is 8.33. The maximum absolute atomic E-state index is 12.5. The quantitative estimate of drug-likeness (QED) is 0.308. The molecule has 0 aromatic heterocycles. The molecule has 0 amide bonds. The number of hydrogen-bond donors (Lipinski definition) is 1. The first kappa shape index (κ1) is 19.1. The summed E-state index contributed by atoms with van der Waals surface area (Å²) in [7, 11) is -2.12. The molecule has 7 heteroatoms. The highest BCUT2D eigenvalue weighted by Gasteiger charge is 2.55. The number of nitrogens with one attached hydrogen (secondary N) is 1. The molecule has 2 fully saturated rings. The van der Waals surface area contributed by atoms with Crippen LogP contribution in [0, 0.1) is 5.92 Å². The number of unbranched alkanes of at least 4 members (excludes halogenated alkanes) is 1. The Morgan fingerprint density at radius 3 is 2.81 bits per heavy atom. The fourth-order valence-electron chi connectivity index (χ4n) is 3.52. The number of sulfonamides is 1. The van der Waals surface area contributed by atoms with Crippen LogP contribution in [0.15, 0.2) is 47.4 Å². The number of fused-ring (bicyclic) bond motifs is 1. The highest BCUT2D eigenvalue weighted by atomic mass is 32.2. The minimum Gasteiger partial charge on any atom is -0.469 e. The fraction of sp³-hybridized carbons (Fsp3) is 0.526. The first-order chi connectivity index (χ1) is 12.5. The number of epoxide rings is 1. The molecule has 0 bridgehead atoms. The average molecular weight is 379 g/mol. The van der Waals surface area contributed by atoms with Gasteiger partial charge in [-0.2, -0.15) is 0 Å². The van der Waals surface area contributed by atoms with Gasteiger partial charge in [0.1, 0.15) is 0 Å². The summed E-state index contributed by atoms with van der Waals surface area (Å²) < 4.78 is 38.2. The minimum atomic E-state index is -3.51. The molecule has 2 aliphatic rings. The lowest BCUT2D eigenvalue weighted by molar-refractivity contribution is -0.140. The molecule has 0 unspecified atom stereocenters. The van der Waals surface area contributed by atoms with Gasteiger partial charge >= 0.3 is 5.97 Å². The summed E-state index contributed by atoms with van der Waals surface area (Å²) in [5, 5.41) is 0. The van der Waals surface area contributed by atoms with Gasteiger partial charge in [0, 0.05) is 18.4 Å². The van der Waals surface area contributed by atoms with Crippen molar-refractivity contribution in [2.24, 2.45) is 5.92 Å². The molecule has 1 N–H and O–H groups in total. The van der Waals surface area contributed by atoms with E-state index in [9.17, 15) is 13.2 Å². The second-order valence-electron chi connectivity index (χ2n) is 6.76. The molecule has 1 aliphatic heterocycles. The zero-order valence-corrected chi connectivity index (χ0v) is 15.7. The monoisotopic (exact) mass is 379 g/mol. The van der Waals surface area contributed by atoms with Crippen LogP contribution in [0.2, 0.25) is 0 Å². The molecule has 1 heterocycles. The Balaban J connectivity index is 1.51. The van der Waals surface area contributed by atoms with Crippen molar-refractivity contribution in [3.63, 3.8) is 0 Å². The normalized spacial score (nSPS) is 27.4. The van der Waals surface area contributed by atoms with Gasteiger partial charge in [0.2, 0.25) is 10.0 Å². The van der Waals surface area contributed by atoms with Crippen LogP contribution in [-0.4, -0.2) is 39.7 Å². The molecule has 142 valence electrons. The lowest BCUT2D eigenvalue weighted by Crippen LogP contribution is -2.39. The van der Waals surface area contributed by atoms with Crippen molar-refractivity contribution in [1.29, 1.82) is 0 Å². The number of methoxy groups -OCH3 is 1. The van der Waals surface area contributed by atoms with Gasteiger partial charge in [0.05, 0.1) is 24.2 Å². The maximum Gasteiger partial charge on any atom is 0.305 e. The Morgan fingerprint density at radius 2 is 2.08 bits per heavy atom. The van der Waals surface area contributed by atoms with Crippen molar-refractivity contribution >= 4 is 16.0 Å². The van der Waals surface area contributed by atoms with Crippen LogP contribution >= 0.6 is 0 Å². The second-order valence-corrected chi connectivity index (χ2v) is 8.47. The number of hydrogen-bond acceptors (Lipinski definition) is 5. The summed E-state index contributed by atoms with van der Waals surface area (Å²) in [6.45, 7) is 0. The van der Waals surface area contributed by atoms with Crippen molar-refractivity contribution < 1.29 is 22.7 Å². The van der Waals surface area contributed by atoms with Crippen molar-refractivity contribution in [3.8, 4) is 0 Å². The summed E-state index contributed by atoms with van der Waals surface area (Å²) in [6, 6.07) is 8.33. The Labute approximate surface area is 154 Å². The van der Waals surface area contributed by atoms with E-state index < -0.39 is 10.0 Å².